The molecule has 0 radical (unpaired) electrons. The van der Waals surface area contributed by atoms with Gasteiger partial charge in [0.15, 0.2) is 5.96 Å². The predicted octanol–water partition coefficient (Wildman–Crippen LogP) is -2.82. The van der Waals surface area contributed by atoms with E-state index in [-0.39, 0.29) is 50.5 Å². The molecule has 39 heavy (non-hydrogen) atoms. The number of hydrogen-bond acceptors (Lipinski definition) is 8. The van der Waals surface area contributed by atoms with E-state index in [4.69, 9.17) is 22.9 Å². The van der Waals surface area contributed by atoms with Gasteiger partial charge in [0.25, 0.3) is 0 Å². The summed E-state index contributed by atoms with van der Waals surface area (Å²) in [6, 6.07) is -4.66. The first-order valence-corrected chi connectivity index (χ1v) is 12.5. The molecule has 0 saturated heterocycles. The number of guanidine groups is 1. The van der Waals surface area contributed by atoms with Crippen LogP contribution in [-0.4, -0.2) is 81.3 Å². The van der Waals surface area contributed by atoms with E-state index < -0.39 is 53.8 Å². The van der Waals surface area contributed by atoms with E-state index in [1.807, 2.05) is 13.8 Å². The van der Waals surface area contributed by atoms with Crippen molar-refractivity contribution in [3.63, 3.8) is 0 Å². The number of carboxylic acid groups (broad SMARTS) is 1. The minimum absolute atomic E-state index is 0.0358. The van der Waals surface area contributed by atoms with Gasteiger partial charge in [-0.3, -0.25) is 24.2 Å². The summed E-state index contributed by atoms with van der Waals surface area (Å²) in [5, 5.41) is 17.1. The van der Waals surface area contributed by atoms with Gasteiger partial charge in [-0.1, -0.05) is 13.8 Å². The average Bonchev–Trinajstić information content (AvgIpc) is 3.35. The molecule has 0 aliphatic heterocycles. The lowest BCUT2D eigenvalue weighted by atomic mass is 10.0. The molecule has 0 aliphatic carbocycles. The number of carbonyl (C=O) groups is 5. The van der Waals surface area contributed by atoms with Crippen LogP contribution in [0, 0.1) is 5.92 Å². The van der Waals surface area contributed by atoms with Crippen molar-refractivity contribution in [2.24, 2.45) is 33.8 Å². The predicted molar refractivity (Wildman–Crippen MR) is 141 cm³/mol. The van der Waals surface area contributed by atoms with Gasteiger partial charge in [-0.05, 0) is 31.6 Å². The maximum Gasteiger partial charge on any atom is 0.326 e. The van der Waals surface area contributed by atoms with Gasteiger partial charge in [0.05, 0.1) is 12.4 Å². The van der Waals surface area contributed by atoms with Crippen LogP contribution in [0.2, 0.25) is 0 Å². The molecular weight excluding hydrogens is 512 g/mol. The zero-order valence-corrected chi connectivity index (χ0v) is 22.2. The number of carboxylic acids is 1. The van der Waals surface area contributed by atoms with Crippen LogP contribution in [0.25, 0.3) is 0 Å². The molecule has 0 bridgehead atoms. The Bertz CT molecular complexity index is 994. The highest BCUT2D eigenvalue weighted by Gasteiger charge is 2.30. The Morgan fingerprint density at radius 3 is 2.08 bits per heavy atom. The van der Waals surface area contributed by atoms with Gasteiger partial charge >= 0.3 is 5.97 Å². The molecule has 4 unspecified atom stereocenters. The summed E-state index contributed by atoms with van der Waals surface area (Å²) < 4.78 is 0. The fourth-order valence-electron chi connectivity index (χ4n) is 3.58. The third kappa shape index (κ3) is 13.2. The monoisotopic (exact) mass is 552 g/mol. The second-order valence-corrected chi connectivity index (χ2v) is 9.49. The van der Waals surface area contributed by atoms with Crippen LogP contribution in [0.5, 0.6) is 0 Å². The molecule has 0 spiro atoms. The standard InChI is InChI=1S/C23H40N10O6/c1-12(2)8-14(24)19(35)31-16(5-6-18(25)34)21(37)32-15(4-3-7-29-23(26)27)20(36)33-17(22(38)39)9-13-10-28-11-30-13/h10-12,14-17H,3-9,24H2,1-2H3,(H2,25,34)(H,28,30)(H,31,35)(H,32,37)(H,33,36)(H,38,39)(H4,26,27,29). The number of nitrogens with two attached hydrogens (primary N) is 4. The van der Waals surface area contributed by atoms with Gasteiger partial charge in [-0.2, -0.15) is 0 Å². The Kier molecular flexibility index (Phi) is 14.0. The third-order valence-corrected chi connectivity index (χ3v) is 5.55. The first-order valence-electron chi connectivity index (χ1n) is 12.5. The number of amides is 4. The topological polar surface area (TPSA) is 287 Å². The summed E-state index contributed by atoms with van der Waals surface area (Å²) >= 11 is 0. The van der Waals surface area contributed by atoms with Crippen LogP contribution in [0.15, 0.2) is 17.5 Å². The number of primary amides is 1. The molecule has 16 nitrogen and oxygen atoms in total. The van der Waals surface area contributed by atoms with Crippen molar-refractivity contribution in [2.45, 2.75) is 76.5 Å². The molecule has 1 rings (SSSR count). The van der Waals surface area contributed by atoms with E-state index in [0.29, 0.717) is 12.1 Å². The second kappa shape index (κ2) is 16.6. The summed E-state index contributed by atoms with van der Waals surface area (Å²) in [6.07, 6.45) is 3.01. The summed E-state index contributed by atoms with van der Waals surface area (Å²) in [5.41, 5.74) is 22.3. The Morgan fingerprint density at radius 2 is 1.56 bits per heavy atom. The summed E-state index contributed by atoms with van der Waals surface area (Å²) in [6.45, 7) is 3.91. The molecule has 0 aromatic carbocycles. The number of aromatic amines is 1. The van der Waals surface area contributed by atoms with Crippen molar-refractivity contribution in [1.29, 1.82) is 0 Å². The van der Waals surface area contributed by atoms with Gasteiger partial charge in [-0.25, -0.2) is 9.78 Å². The van der Waals surface area contributed by atoms with Crippen molar-refractivity contribution in [3.8, 4) is 0 Å². The second-order valence-electron chi connectivity index (χ2n) is 9.49. The number of H-pyrrole nitrogens is 1. The van der Waals surface area contributed by atoms with Crippen LogP contribution in [0.1, 0.15) is 51.6 Å². The van der Waals surface area contributed by atoms with Crippen LogP contribution in [-0.2, 0) is 30.4 Å². The molecule has 1 aromatic heterocycles. The number of aliphatic carboxylic acids is 1. The Hall–Kier alpha value is -4.21. The maximum absolute atomic E-state index is 13.2. The minimum Gasteiger partial charge on any atom is -0.480 e. The van der Waals surface area contributed by atoms with E-state index in [9.17, 15) is 29.1 Å². The zero-order valence-electron chi connectivity index (χ0n) is 22.2. The van der Waals surface area contributed by atoms with Gasteiger partial charge in [0, 0.05) is 31.3 Å². The number of imidazole rings is 1. The normalized spacial score (nSPS) is 13.9. The Labute approximate surface area is 226 Å². The molecule has 0 aliphatic rings. The van der Waals surface area contributed by atoms with E-state index in [0.717, 1.165) is 0 Å². The highest BCUT2D eigenvalue weighted by atomic mass is 16.4. The number of aromatic nitrogens is 2. The first-order chi connectivity index (χ1) is 18.3. The molecule has 0 fully saturated rings. The van der Waals surface area contributed by atoms with Crippen molar-refractivity contribution in [1.82, 2.24) is 25.9 Å². The molecule has 1 aromatic rings. The largest absolute Gasteiger partial charge is 0.480 e. The summed E-state index contributed by atoms with van der Waals surface area (Å²) in [4.78, 5) is 72.4. The number of nitrogens with one attached hydrogen (secondary N) is 4. The molecule has 13 N–H and O–H groups in total. The SMILES string of the molecule is CC(C)CC(N)C(=O)NC(CCC(N)=O)C(=O)NC(CCCN=C(N)N)C(=O)NC(Cc1cnc[nH]1)C(=O)O. The van der Waals surface area contributed by atoms with Crippen molar-refractivity contribution >= 4 is 35.6 Å². The van der Waals surface area contributed by atoms with Crippen molar-refractivity contribution in [2.75, 3.05) is 6.54 Å². The van der Waals surface area contributed by atoms with Crippen molar-refractivity contribution < 1.29 is 29.1 Å². The quantitative estimate of drug-likeness (QED) is 0.0511. The lowest BCUT2D eigenvalue weighted by Gasteiger charge is -2.25. The van der Waals surface area contributed by atoms with Gasteiger partial charge in [-0.15, -0.1) is 0 Å². The molecule has 0 saturated carbocycles. The number of rotatable bonds is 18. The van der Waals surface area contributed by atoms with E-state index in [1.165, 1.54) is 12.5 Å². The van der Waals surface area contributed by atoms with Gasteiger partial charge < -0.3 is 49.0 Å². The first kappa shape index (κ1) is 32.8. The lowest BCUT2D eigenvalue weighted by molar-refractivity contribution is -0.142. The summed E-state index contributed by atoms with van der Waals surface area (Å²) in [5.74, 6) is -4.19. The fourth-order valence-corrected chi connectivity index (χ4v) is 3.58. The fraction of sp³-hybridized carbons (Fsp3) is 0.609. The Balaban J connectivity index is 3.07. The molecule has 4 amide bonds. The highest BCUT2D eigenvalue weighted by molar-refractivity contribution is 5.94. The molecule has 4 atom stereocenters. The van der Waals surface area contributed by atoms with Crippen LogP contribution in [0.4, 0.5) is 0 Å². The minimum atomic E-state index is -1.32. The smallest absolute Gasteiger partial charge is 0.326 e. The third-order valence-electron chi connectivity index (χ3n) is 5.55. The average molecular weight is 553 g/mol. The van der Waals surface area contributed by atoms with Gasteiger partial charge in [0.1, 0.15) is 18.1 Å². The van der Waals surface area contributed by atoms with Crippen LogP contribution < -0.4 is 38.9 Å². The molecular formula is C23H40N10O6. The number of nitrogens with zero attached hydrogens (tertiary/aromatic N) is 2. The van der Waals surface area contributed by atoms with E-state index in [1.54, 1.807) is 0 Å². The molecule has 1 heterocycles. The number of aliphatic imine (C=N–C) groups is 1. The zero-order chi connectivity index (χ0) is 29.5. The Morgan fingerprint density at radius 1 is 0.974 bits per heavy atom. The lowest BCUT2D eigenvalue weighted by Crippen LogP contribution is -2.57. The van der Waals surface area contributed by atoms with Crippen LogP contribution in [0.3, 0.4) is 0 Å². The summed E-state index contributed by atoms with van der Waals surface area (Å²) in [7, 11) is 0. The molecule has 16 heteroatoms. The van der Waals surface area contributed by atoms with E-state index in [2.05, 4.69) is 30.9 Å². The van der Waals surface area contributed by atoms with Gasteiger partial charge in [0.2, 0.25) is 23.6 Å². The highest BCUT2D eigenvalue weighted by Crippen LogP contribution is 2.07. The maximum atomic E-state index is 13.2. The number of carbonyl (C=O) groups excluding carboxylic acids is 4. The van der Waals surface area contributed by atoms with Crippen LogP contribution >= 0.6 is 0 Å². The molecule has 218 valence electrons. The van der Waals surface area contributed by atoms with Crippen molar-refractivity contribution in [3.05, 3.63) is 18.2 Å². The van der Waals surface area contributed by atoms with E-state index >= 15 is 0 Å². The number of hydrogen-bond donors (Lipinski definition) is 9.